The average molecular weight is 245 g/mol. The largest absolute Gasteiger partial charge is 0.393 e. The molecule has 96 valence electrons. The van der Waals surface area contributed by atoms with Gasteiger partial charge in [0.05, 0.1) is 17.8 Å². The third-order valence-electron chi connectivity index (χ3n) is 3.77. The van der Waals surface area contributed by atoms with Crippen LogP contribution in [-0.2, 0) is 6.54 Å². The molecular weight excluding hydrogens is 226 g/mol. The molecule has 3 rings (SSSR count). The van der Waals surface area contributed by atoms with Gasteiger partial charge in [0.15, 0.2) is 0 Å². The van der Waals surface area contributed by atoms with Gasteiger partial charge in [0.2, 0.25) is 0 Å². The minimum absolute atomic E-state index is 0.0752. The van der Waals surface area contributed by atoms with Crippen LogP contribution >= 0.6 is 0 Å². The number of fused-ring (bicyclic) bond motifs is 1. The average Bonchev–Trinajstić information content (AvgIpc) is 2.97. The van der Waals surface area contributed by atoms with E-state index < -0.39 is 0 Å². The Bertz CT molecular complexity index is 522. The van der Waals surface area contributed by atoms with Crippen LogP contribution in [0.2, 0.25) is 0 Å². The van der Waals surface area contributed by atoms with Crippen LogP contribution in [0.15, 0.2) is 30.6 Å². The zero-order valence-electron chi connectivity index (χ0n) is 10.4. The molecule has 0 amide bonds. The predicted molar refractivity (Wildman–Crippen MR) is 70.2 cm³/mol. The molecule has 1 aliphatic rings. The van der Waals surface area contributed by atoms with Crippen LogP contribution in [0.25, 0.3) is 5.52 Å². The molecule has 4 nitrogen and oxygen atoms in total. The Hall–Kier alpha value is -1.39. The maximum atomic E-state index is 9.48. The molecule has 1 aliphatic carbocycles. The smallest absolute Gasteiger partial charge is 0.0706 e. The van der Waals surface area contributed by atoms with Crippen molar-refractivity contribution in [1.29, 1.82) is 0 Å². The molecule has 1 fully saturated rings. The fraction of sp³-hybridized carbons (Fsp3) is 0.500. The van der Waals surface area contributed by atoms with E-state index in [0.29, 0.717) is 5.92 Å². The molecule has 2 aromatic rings. The summed E-state index contributed by atoms with van der Waals surface area (Å²) in [4.78, 5) is 0. The van der Waals surface area contributed by atoms with E-state index in [2.05, 4.69) is 16.5 Å². The fourth-order valence-electron chi connectivity index (χ4n) is 2.77. The second-order valence-electron chi connectivity index (χ2n) is 5.16. The summed E-state index contributed by atoms with van der Waals surface area (Å²) in [6.07, 6.45) is 6.86. The molecule has 0 saturated heterocycles. The molecular formula is C14H19N3O. The lowest BCUT2D eigenvalue weighted by molar-refractivity contribution is 0.177. The highest BCUT2D eigenvalue weighted by Crippen LogP contribution is 2.24. The Morgan fingerprint density at radius 3 is 3.17 bits per heavy atom. The van der Waals surface area contributed by atoms with Gasteiger partial charge in [-0.3, -0.25) is 0 Å². The summed E-state index contributed by atoms with van der Waals surface area (Å²) in [5.74, 6) is 0.627. The van der Waals surface area contributed by atoms with Crippen LogP contribution < -0.4 is 5.32 Å². The van der Waals surface area contributed by atoms with Gasteiger partial charge in [-0.25, -0.2) is 4.52 Å². The molecule has 0 aliphatic heterocycles. The van der Waals surface area contributed by atoms with E-state index in [1.807, 2.05) is 29.0 Å². The van der Waals surface area contributed by atoms with Gasteiger partial charge < -0.3 is 10.4 Å². The maximum Gasteiger partial charge on any atom is 0.0706 e. The van der Waals surface area contributed by atoms with Crippen LogP contribution in [0, 0.1) is 5.92 Å². The maximum absolute atomic E-state index is 9.48. The van der Waals surface area contributed by atoms with Gasteiger partial charge in [0.1, 0.15) is 0 Å². The summed E-state index contributed by atoms with van der Waals surface area (Å²) in [5, 5.41) is 17.3. The van der Waals surface area contributed by atoms with Gasteiger partial charge in [-0.1, -0.05) is 6.07 Å². The van der Waals surface area contributed by atoms with Crippen molar-refractivity contribution in [2.24, 2.45) is 5.92 Å². The van der Waals surface area contributed by atoms with E-state index in [4.69, 9.17) is 0 Å². The van der Waals surface area contributed by atoms with Crippen molar-refractivity contribution in [3.63, 3.8) is 0 Å². The van der Waals surface area contributed by atoms with Crippen molar-refractivity contribution in [1.82, 2.24) is 14.9 Å². The van der Waals surface area contributed by atoms with Crippen LogP contribution in [0.1, 0.15) is 24.8 Å². The first kappa shape index (κ1) is 11.7. The normalized spacial score (nSPS) is 23.8. The summed E-state index contributed by atoms with van der Waals surface area (Å²) in [5.41, 5.74) is 2.39. The Morgan fingerprint density at radius 1 is 1.39 bits per heavy atom. The number of hydrogen-bond donors (Lipinski definition) is 2. The topological polar surface area (TPSA) is 49.6 Å². The number of aliphatic hydroxyl groups excluding tert-OH is 1. The van der Waals surface area contributed by atoms with E-state index in [1.165, 1.54) is 5.56 Å². The number of aromatic nitrogens is 2. The third-order valence-corrected chi connectivity index (χ3v) is 3.77. The number of aliphatic hydroxyl groups is 1. The van der Waals surface area contributed by atoms with Gasteiger partial charge in [0.25, 0.3) is 0 Å². The molecule has 2 aromatic heterocycles. The third kappa shape index (κ3) is 2.40. The highest BCUT2D eigenvalue weighted by molar-refractivity contribution is 5.53. The van der Waals surface area contributed by atoms with E-state index in [9.17, 15) is 5.11 Å². The molecule has 0 aromatic carbocycles. The highest BCUT2D eigenvalue weighted by Gasteiger charge is 2.22. The van der Waals surface area contributed by atoms with Crippen molar-refractivity contribution in [3.05, 3.63) is 36.2 Å². The van der Waals surface area contributed by atoms with Crippen LogP contribution in [0.3, 0.4) is 0 Å². The van der Waals surface area contributed by atoms with Gasteiger partial charge in [-0.2, -0.15) is 5.10 Å². The molecule has 2 N–H and O–H groups in total. The van der Waals surface area contributed by atoms with Crippen molar-refractivity contribution >= 4 is 5.52 Å². The number of nitrogens with zero attached hydrogens (tertiary/aromatic N) is 2. The van der Waals surface area contributed by atoms with E-state index in [0.717, 1.165) is 37.9 Å². The standard InChI is InChI=1S/C14H19N3O/c18-13-5-4-11(7-13)8-15-9-12-10-16-17-6-2-1-3-14(12)17/h1-3,6,10-11,13,15,18H,4-5,7-9H2. The van der Waals surface area contributed by atoms with E-state index in [1.54, 1.807) is 0 Å². The summed E-state index contributed by atoms with van der Waals surface area (Å²) < 4.78 is 1.90. The molecule has 2 atom stereocenters. The highest BCUT2D eigenvalue weighted by atomic mass is 16.3. The monoisotopic (exact) mass is 245 g/mol. The molecule has 4 heteroatoms. The number of nitrogens with one attached hydrogen (secondary N) is 1. The Labute approximate surface area is 107 Å². The summed E-state index contributed by atoms with van der Waals surface area (Å²) in [6.45, 7) is 1.83. The van der Waals surface area contributed by atoms with Crippen LogP contribution in [0.4, 0.5) is 0 Å². The van der Waals surface area contributed by atoms with Gasteiger partial charge >= 0.3 is 0 Å². The van der Waals surface area contributed by atoms with E-state index >= 15 is 0 Å². The Kier molecular flexibility index (Phi) is 3.30. The fourth-order valence-corrected chi connectivity index (χ4v) is 2.77. The van der Waals surface area contributed by atoms with Crippen molar-refractivity contribution in [3.8, 4) is 0 Å². The molecule has 0 bridgehead atoms. The Morgan fingerprint density at radius 2 is 2.33 bits per heavy atom. The lowest BCUT2D eigenvalue weighted by atomic mass is 10.1. The first-order valence-corrected chi connectivity index (χ1v) is 6.63. The predicted octanol–water partition coefficient (Wildman–Crippen LogP) is 1.58. The molecule has 18 heavy (non-hydrogen) atoms. The number of pyridine rings is 1. The van der Waals surface area contributed by atoms with Gasteiger partial charge in [-0.05, 0) is 43.9 Å². The summed E-state index contributed by atoms with van der Waals surface area (Å²) in [7, 11) is 0. The van der Waals surface area contributed by atoms with E-state index in [-0.39, 0.29) is 6.10 Å². The Balaban J connectivity index is 1.57. The summed E-state index contributed by atoms with van der Waals surface area (Å²) in [6, 6.07) is 6.11. The minimum atomic E-state index is -0.0752. The van der Waals surface area contributed by atoms with Crippen LogP contribution in [-0.4, -0.2) is 27.4 Å². The number of hydrogen-bond acceptors (Lipinski definition) is 3. The number of rotatable bonds is 4. The first-order valence-electron chi connectivity index (χ1n) is 6.63. The van der Waals surface area contributed by atoms with Gasteiger partial charge in [0, 0.05) is 18.3 Å². The van der Waals surface area contributed by atoms with Crippen molar-refractivity contribution < 1.29 is 5.11 Å². The molecule has 2 unspecified atom stereocenters. The quantitative estimate of drug-likeness (QED) is 0.860. The zero-order chi connectivity index (χ0) is 12.4. The van der Waals surface area contributed by atoms with Gasteiger partial charge in [-0.15, -0.1) is 0 Å². The molecule has 2 heterocycles. The van der Waals surface area contributed by atoms with Crippen LogP contribution in [0.5, 0.6) is 0 Å². The minimum Gasteiger partial charge on any atom is -0.393 e. The second kappa shape index (κ2) is 5.08. The van der Waals surface area contributed by atoms with Crippen molar-refractivity contribution in [2.75, 3.05) is 6.54 Å². The molecule has 0 radical (unpaired) electrons. The lowest BCUT2D eigenvalue weighted by Gasteiger charge is -2.10. The molecule has 0 spiro atoms. The SMILES string of the molecule is OC1CCC(CNCc2cnn3ccccc23)C1. The second-order valence-corrected chi connectivity index (χ2v) is 5.16. The molecule has 1 saturated carbocycles. The van der Waals surface area contributed by atoms with Crippen molar-refractivity contribution in [2.45, 2.75) is 31.9 Å². The zero-order valence-corrected chi connectivity index (χ0v) is 10.4. The summed E-state index contributed by atoms with van der Waals surface area (Å²) >= 11 is 0. The lowest BCUT2D eigenvalue weighted by Crippen LogP contribution is -2.21. The first-order chi connectivity index (χ1) is 8.83.